The molecule has 0 atom stereocenters. The quantitative estimate of drug-likeness (QED) is 0.369. The van der Waals surface area contributed by atoms with E-state index >= 15 is 0 Å². The molecule has 1 fully saturated rings. The zero-order valence-electron chi connectivity index (χ0n) is 18.4. The van der Waals surface area contributed by atoms with E-state index in [0.717, 1.165) is 22.2 Å². The Morgan fingerprint density at radius 1 is 0.914 bits per heavy atom. The van der Waals surface area contributed by atoms with E-state index in [1.54, 1.807) is 60.9 Å². The van der Waals surface area contributed by atoms with Crippen LogP contribution >= 0.6 is 0 Å². The molecule has 0 aliphatic heterocycles. The molecule has 1 amide bonds. The predicted molar refractivity (Wildman–Crippen MR) is 133 cm³/mol. The number of benzene rings is 2. The number of nitrogens with zero attached hydrogens (tertiary/aromatic N) is 4. The monoisotopic (exact) mass is 484 g/mol. The summed E-state index contributed by atoms with van der Waals surface area (Å²) in [4.78, 5) is 25.1. The molecule has 2 N–H and O–H groups in total. The first kappa shape index (κ1) is 21.2. The summed E-state index contributed by atoms with van der Waals surface area (Å²) < 4.78 is 28.3. The third-order valence-electron chi connectivity index (χ3n) is 5.88. The maximum atomic E-state index is 13.6. The highest BCUT2D eigenvalue weighted by Crippen LogP contribution is 2.30. The lowest BCUT2D eigenvalue weighted by Crippen LogP contribution is -2.14. The summed E-state index contributed by atoms with van der Waals surface area (Å²) in [5.74, 6) is 0.423. The summed E-state index contributed by atoms with van der Waals surface area (Å²) in [7, 11) is -3.96. The molecule has 10 heteroatoms. The third kappa shape index (κ3) is 3.97. The van der Waals surface area contributed by atoms with Gasteiger partial charge < -0.3 is 10.6 Å². The van der Waals surface area contributed by atoms with E-state index in [9.17, 15) is 13.2 Å². The van der Waals surface area contributed by atoms with E-state index in [0.29, 0.717) is 22.3 Å². The highest BCUT2D eigenvalue weighted by atomic mass is 32.2. The maximum absolute atomic E-state index is 13.6. The fourth-order valence-corrected chi connectivity index (χ4v) is 5.37. The van der Waals surface area contributed by atoms with Crippen molar-refractivity contribution in [3.63, 3.8) is 0 Å². The molecule has 0 radical (unpaired) electrons. The van der Waals surface area contributed by atoms with E-state index in [1.807, 2.05) is 12.1 Å². The Morgan fingerprint density at radius 3 is 2.49 bits per heavy atom. The standard InChI is InChI=1S/C25H20N6O3S/c32-24(17-6-7-17)28-19-8-10-20(11-9-19)29-25-27-15-18-12-14-31(23(18)30-25)35(33,34)21-5-1-3-16-4-2-13-26-22(16)21/h1-5,8-15,17H,6-7H2,(H,28,32)(H,27,29,30). The molecule has 1 saturated carbocycles. The molecule has 9 nitrogen and oxygen atoms in total. The van der Waals surface area contributed by atoms with Gasteiger partial charge in [-0.25, -0.2) is 17.4 Å². The molecular formula is C25H20N6O3S. The summed E-state index contributed by atoms with van der Waals surface area (Å²) in [6, 6.07) is 17.5. The number of rotatable bonds is 6. The summed E-state index contributed by atoms with van der Waals surface area (Å²) in [6.07, 6.45) is 6.50. The van der Waals surface area contributed by atoms with Gasteiger partial charge in [-0.05, 0) is 55.3 Å². The highest BCUT2D eigenvalue weighted by Gasteiger charge is 2.29. The van der Waals surface area contributed by atoms with Gasteiger partial charge in [0.2, 0.25) is 11.9 Å². The molecule has 35 heavy (non-hydrogen) atoms. The Labute approximate surface area is 200 Å². The van der Waals surface area contributed by atoms with Gasteiger partial charge in [0.1, 0.15) is 4.90 Å². The van der Waals surface area contributed by atoms with E-state index < -0.39 is 10.0 Å². The van der Waals surface area contributed by atoms with Crippen LogP contribution in [0.25, 0.3) is 21.9 Å². The first-order chi connectivity index (χ1) is 17.0. The molecule has 3 heterocycles. The van der Waals surface area contributed by atoms with Crippen LogP contribution in [0.3, 0.4) is 0 Å². The summed E-state index contributed by atoms with van der Waals surface area (Å²) >= 11 is 0. The van der Waals surface area contributed by atoms with Gasteiger partial charge in [-0.15, -0.1) is 0 Å². The van der Waals surface area contributed by atoms with Crippen molar-refractivity contribution in [2.24, 2.45) is 5.92 Å². The van der Waals surface area contributed by atoms with Crippen LogP contribution < -0.4 is 10.6 Å². The number of fused-ring (bicyclic) bond motifs is 2. The SMILES string of the molecule is O=C(Nc1ccc(Nc2ncc3ccn(S(=O)(=O)c4cccc5cccnc45)c3n2)cc1)C1CC1. The molecule has 3 aromatic heterocycles. The van der Waals surface area contributed by atoms with Gasteiger partial charge >= 0.3 is 0 Å². The fraction of sp³-hybridized carbons (Fsp3) is 0.120. The van der Waals surface area contributed by atoms with Crippen LogP contribution in [-0.4, -0.2) is 33.2 Å². The molecule has 0 saturated heterocycles. The van der Waals surface area contributed by atoms with Crippen LogP contribution in [0.1, 0.15) is 12.8 Å². The minimum absolute atomic E-state index is 0.0443. The molecule has 2 aromatic carbocycles. The largest absolute Gasteiger partial charge is 0.326 e. The number of aromatic nitrogens is 4. The maximum Gasteiger partial charge on any atom is 0.271 e. The summed E-state index contributed by atoms with van der Waals surface area (Å²) in [6.45, 7) is 0. The number of carbonyl (C=O) groups is 1. The third-order valence-corrected chi connectivity index (χ3v) is 7.58. The number of amides is 1. The van der Waals surface area contributed by atoms with Crippen LogP contribution in [0.15, 0.2) is 84.1 Å². The molecule has 0 spiro atoms. The van der Waals surface area contributed by atoms with Crippen molar-refractivity contribution >= 4 is 55.2 Å². The molecular weight excluding hydrogens is 464 g/mol. The minimum Gasteiger partial charge on any atom is -0.326 e. The number of carbonyl (C=O) groups excluding carboxylic acids is 1. The predicted octanol–water partition coefficient (Wildman–Crippen LogP) is 4.31. The highest BCUT2D eigenvalue weighted by molar-refractivity contribution is 7.90. The van der Waals surface area contributed by atoms with Crippen LogP contribution in [-0.2, 0) is 14.8 Å². The van der Waals surface area contributed by atoms with Crippen molar-refractivity contribution in [3.8, 4) is 0 Å². The second-order valence-electron chi connectivity index (χ2n) is 8.39. The summed E-state index contributed by atoms with van der Waals surface area (Å²) in [5.41, 5.74) is 2.07. The van der Waals surface area contributed by atoms with Gasteiger partial charge in [-0.3, -0.25) is 9.78 Å². The second kappa shape index (κ2) is 8.17. The van der Waals surface area contributed by atoms with Gasteiger partial charge in [0, 0.05) is 46.7 Å². The first-order valence-corrected chi connectivity index (χ1v) is 12.5. The number of para-hydroxylation sites is 1. The molecule has 5 aromatic rings. The zero-order chi connectivity index (χ0) is 24.0. The van der Waals surface area contributed by atoms with Crippen LogP contribution in [0.4, 0.5) is 17.3 Å². The van der Waals surface area contributed by atoms with Crippen LogP contribution in [0, 0.1) is 5.92 Å². The van der Waals surface area contributed by atoms with Gasteiger partial charge in [-0.1, -0.05) is 18.2 Å². The normalized spacial score (nSPS) is 13.7. The molecule has 174 valence electrons. The van der Waals surface area contributed by atoms with Crippen molar-refractivity contribution in [3.05, 3.63) is 79.3 Å². The lowest BCUT2D eigenvalue weighted by molar-refractivity contribution is -0.117. The van der Waals surface area contributed by atoms with Gasteiger partial charge in [-0.2, -0.15) is 4.98 Å². The number of nitrogens with one attached hydrogen (secondary N) is 2. The smallest absolute Gasteiger partial charge is 0.271 e. The van der Waals surface area contributed by atoms with Crippen LogP contribution in [0.5, 0.6) is 0 Å². The van der Waals surface area contributed by atoms with E-state index in [2.05, 4.69) is 25.6 Å². The Morgan fingerprint density at radius 2 is 1.69 bits per heavy atom. The fourth-order valence-electron chi connectivity index (χ4n) is 3.90. The van der Waals surface area contributed by atoms with Crippen molar-refractivity contribution in [1.82, 2.24) is 18.9 Å². The van der Waals surface area contributed by atoms with Gasteiger partial charge in [0.25, 0.3) is 10.0 Å². The Bertz CT molecular complexity index is 1690. The van der Waals surface area contributed by atoms with E-state index in [-0.39, 0.29) is 28.3 Å². The lowest BCUT2D eigenvalue weighted by atomic mass is 10.2. The van der Waals surface area contributed by atoms with E-state index in [1.165, 1.54) is 6.20 Å². The Hall–Kier alpha value is -4.31. The van der Waals surface area contributed by atoms with Crippen molar-refractivity contribution in [1.29, 1.82) is 0 Å². The number of pyridine rings is 1. The molecule has 0 unspecified atom stereocenters. The number of anilines is 3. The zero-order valence-corrected chi connectivity index (χ0v) is 19.2. The van der Waals surface area contributed by atoms with Crippen molar-refractivity contribution in [2.45, 2.75) is 17.7 Å². The molecule has 1 aliphatic carbocycles. The van der Waals surface area contributed by atoms with E-state index in [4.69, 9.17) is 0 Å². The topological polar surface area (TPSA) is 119 Å². The van der Waals surface area contributed by atoms with Crippen molar-refractivity contribution in [2.75, 3.05) is 10.6 Å². The first-order valence-electron chi connectivity index (χ1n) is 11.1. The molecule has 1 aliphatic rings. The minimum atomic E-state index is -3.96. The Kier molecular flexibility index (Phi) is 4.96. The average Bonchev–Trinajstić information content (AvgIpc) is 3.64. The van der Waals surface area contributed by atoms with Crippen LogP contribution in [0.2, 0.25) is 0 Å². The van der Waals surface area contributed by atoms with Crippen molar-refractivity contribution < 1.29 is 13.2 Å². The summed E-state index contributed by atoms with van der Waals surface area (Å²) in [5, 5.41) is 7.31. The van der Waals surface area contributed by atoms with Gasteiger partial charge in [0.15, 0.2) is 5.65 Å². The molecule has 0 bridgehead atoms. The number of hydrogen-bond acceptors (Lipinski definition) is 7. The second-order valence-corrected chi connectivity index (χ2v) is 10.2. The Balaban J connectivity index is 1.31. The van der Waals surface area contributed by atoms with Gasteiger partial charge in [0.05, 0.1) is 5.52 Å². The number of hydrogen-bond donors (Lipinski definition) is 2. The average molecular weight is 485 g/mol. The lowest BCUT2D eigenvalue weighted by Gasteiger charge is -2.10. The molecule has 6 rings (SSSR count).